The zero-order chi connectivity index (χ0) is 11.4. The lowest BCUT2D eigenvalue weighted by Crippen LogP contribution is -2.17. The third kappa shape index (κ3) is 2.36. The second-order valence-electron chi connectivity index (χ2n) is 4.25. The number of nitrogens with one attached hydrogen (secondary N) is 2. The Hall–Kier alpha value is -1.07. The molecule has 2 heterocycles. The topological polar surface area (TPSA) is 83.9 Å². The Kier molecular flexibility index (Phi) is 3.79. The van der Waals surface area contributed by atoms with Gasteiger partial charge < -0.3 is 15.6 Å². The maximum Gasteiger partial charge on any atom is 0.267 e. The summed E-state index contributed by atoms with van der Waals surface area (Å²) >= 11 is 0. The molecular formula is C11H19N3O2. The second-order valence-corrected chi connectivity index (χ2v) is 4.25. The molecule has 4 N–H and O–H groups in total. The molecule has 90 valence electrons. The van der Waals surface area contributed by atoms with Crippen molar-refractivity contribution in [2.45, 2.75) is 31.6 Å². The molecule has 1 aromatic rings. The molecule has 5 nitrogen and oxygen atoms in total. The summed E-state index contributed by atoms with van der Waals surface area (Å²) in [6.07, 6.45) is 3.60. The summed E-state index contributed by atoms with van der Waals surface area (Å²) in [7, 11) is 0. The fraction of sp³-hybridized carbons (Fsp3) is 0.727. The van der Waals surface area contributed by atoms with E-state index >= 15 is 0 Å². The fourth-order valence-electron chi connectivity index (χ4n) is 2.26. The van der Waals surface area contributed by atoms with Gasteiger partial charge in [-0.25, -0.2) is 0 Å². The van der Waals surface area contributed by atoms with E-state index in [-0.39, 0.29) is 5.56 Å². The van der Waals surface area contributed by atoms with E-state index in [0.717, 1.165) is 50.2 Å². The molecule has 1 aliphatic rings. The summed E-state index contributed by atoms with van der Waals surface area (Å²) in [5.41, 5.74) is 7.45. The largest absolute Gasteiger partial charge is 0.381 e. The van der Waals surface area contributed by atoms with Crippen molar-refractivity contribution in [1.29, 1.82) is 0 Å². The highest BCUT2D eigenvalue weighted by Crippen LogP contribution is 2.26. The third-order valence-corrected chi connectivity index (χ3v) is 3.17. The molecule has 2 rings (SSSR count). The molecule has 1 saturated heterocycles. The number of rotatable bonds is 4. The SMILES string of the molecule is NCCCc1c(C2CCOCC2)[nH][nH]c1=O. The summed E-state index contributed by atoms with van der Waals surface area (Å²) in [5, 5.41) is 5.70. The van der Waals surface area contributed by atoms with Gasteiger partial charge in [-0.1, -0.05) is 0 Å². The number of ether oxygens (including phenoxy) is 1. The van der Waals surface area contributed by atoms with Crippen LogP contribution in [0.5, 0.6) is 0 Å². The van der Waals surface area contributed by atoms with Crippen LogP contribution in [-0.2, 0) is 11.2 Å². The van der Waals surface area contributed by atoms with Gasteiger partial charge in [0.2, 0.25) is 0 Å². The summed E-state index contributed by atoms with van der Waals surface area (Å²) in [6.45, 7) is 2.19. The summed E-state index contributed by atoms with van der Waals surface area (Å²) in [5.74, 6) is 0.431. The van der Waals surface area contributed by atoms with E-state index in [1.54, 1.807) is 0 Å². The van der Waals surface area contributed by atoms with Crippen molar-refractivity contribution in [3.63, 3.8) is 0 Å². The van der Waals surface area contributed by atoms with E-state index in [1.165, 1.54) is 0 Å². The highest BCUT2D eigenvalue weighted by Gasteiger charge is 2.21. The molecule has 5 heteroatoms. The van der Waals surface area contributed by atoms with E-state index < -0.39 is 0 Å². The van der Waals surface area contributed by atoms with Crippen molar-refractivity contribution < 1.29 is 4.74 Å². The lowest BCUT2D eigenvalue weighted by Gasteiger charge is -2.21. The summed E-state index contributed by atoms with van der Waals surface area (Å²) in [6, 6.07) is 0. The maximum absolute atomic E-state index is 11.6. The van der Waals surface area contributed by atoms with Crippen LogP contribution in [0.1, 0.15) is 36.4 Å². The normalized spacial score (nSPS) is 17.8. The molecule has 0 bridgehead atoms. The lowest BCUT2D eigenvalue weighted by molar-refractivity contribution is 0.0843. The average Bonchev–Trinajstić information content (AvgIpc) is 2.69. The van der Waals surface area contributed by atoms with Crippen molar-refractivity contribution in [3.8, 4) is 0 Å². The number of hydrogen-bond acceptors (Lipinski definition) is 3. The zero-order valence-electron chi connectivity index (χ0n) is 9.42. The minimum Gasteiger partial charge on any atom is -0.381 e. The zero-order valence-corrected chi connectivity index (χ0v) is 9.42. The Morgan fingerprint density at radius 3 is 2.75 bits per heavy atom. The highest BCUT2D eigenvalue weighted by atomic mass is 16.5. The quantitative estimate of drug-likeness (QED) is 0.697. The smallest absolute Gasteiger partial charge is 0.267 e. The number of H-pyrrole nitrogens is 2. The Balaban J connectivity index is 2.15. The Labute approximate surface area is 94.4 Å². The Morgan fingerprint density at radius 1 is 1.31 bits per heavy atom. The molecule has 0 saturated carbocycles. The number of nitrogens with two attached hydrogens (primary N) is 1. The molecule has 0 aliphatic carbocycles. The first-order valence-electron chi connectivity index (χ1n) is 5.90. The molecule has 0 aromatic carbocycles. The maximum atomic E-state index is 11.6. The van der Waals surface area contributed by atoms with Gasteiger partial charge in [-0.2, -0.15) is 0 Å². The first-order chi connectivity index (χ1) is 7.83. The minimum absolute atomic E-state index is 0.00921. The van der Waals surface area contributed by atoms with Gasteiger partial charge in [0.15, 0.2) is 0 Å². The van der Waals surface area contributed by atoms with Gasteiger partial charge in [-0.3, -0.25) is 9.89 Å². The molecule has 1 aliphatic heterocycles. The third-order valence-electron chi connectivity index (χ3n) is 3.17. The molecule has 0 radical (unpaired) electrons. The number of hydrogen-bond donors (Lipinski definition) is 3. The number of aromatic nitrogens is 2. The minimum atomic E-state index is 0.00921. The monoisotopic (exact) mass is 225 g/mol. The predicted octanol–water partition coefficient (Wildman–Crippen LogP) is 0.488. The molecule has 0 unspecified atom stereocenters. The van der Waals surface area contributed by atoms with E-state index in [0.29, 0.717) is 12.5 Å². The average molecular weight is 225 g/mol. The van der Waals surface area contributed by atoms with Crippen LogP contribution >= 0.6 is 0 Å². The van der Waals surface area contributed by atoms with Gasteiger partial charge in [0.25, 0.3) is 5.56 Å². The lowest BCUT2D eigenvalue weighted by atomic mass is 9.92. The predicted molar refractivity (Wildman–Crippen MR) is 61.6 cm³/mol. The highest BCUT2D eigenvalue weighted by molar-refractivity contribution is 5.21. The van der Waals surface area contributed by atoms with Crippen LogP contribution in [0.2, 0.25) is 0 Å². The first kappa shape index (κ1) is 11.4. The van der Waals surface area contributed by atoms with E-state index in [1.807, 2.05) is 0 Å². The molecule has 1 aromatic heterocycles. The van der Waals surface area contributed by atoms with Crippen molar-refractivity contribution in [2.75, 3.05) is 19.8 Å². The van der Waals surface area contributed by atoms with Gasteiger partial charge in [0, 0.05) is 30.4 Å². The summed E-state index contributed by atoms with van der Waals surface area (Å²) in [4.78, 5) is 11.6. The molecule has 0 atom stereocenters. The van der Waals surface area contributed by atoms with Gasteiger partial charge in [-0.05, 0) is 32.2 Å². The van der Waals surface area contributed by atoms with Crippen LogP contribution in [0.15, 0.2) is 4.79 Å². The van der Waals surface area contributed by atoms with Gasteiger partial charge >= 0.3 is 0 Å². The standard InChI is InChI=1S/C11H19N3O2/c12-5-1-2-9-10(13-14-11(9)15)8-3-6-16-7-4-8/h8H,1-7,12H2,(H2,13,14,15). The Bertz CT molecular complexity index is 377. The van der Waals surface area contributed by atoms with Crippen LogP contribution in [0.3, 0.4) is 0 Å². The van der Waals surface area contributed by atoms with Crippen molar-refractivity contribution in [1.82, 2.24) is 10.2 Å². The van der Waals surface area contributed by atoms with Crippen LogP contribution in [-0.4, -0.2) is 30.0 Å². The number of aromatic amines is 2. The second kappa shape index (κ2) is 5.32. The summed E-state index contributed by atoms with van der Waals surface area (Å²) < 4.78 is 5.33. The van der Waals surface area contributed by atoms with Crippen molar-refractivity contribution in [2.24, 2.45) is 5.73 Å². The fourth-order valence-corrected chi connectivity index (χ4v) is 2.26. The van der Waals surface area contributed by atoms with Crippen LogP contribution in [0.4, 0.5) is 0 Å². The van der Waals surface area contributed by atoms with E-state index in [9.17, 15) is 4.79 Å². The van der Waals surface area contributed by atoms with E-state index in [2.05, 4.69) is 10.2 Å². The molecule has 0 spiro atoms. The molecule has 0 amide bonds. The van der Waals surface area contributed by atoms with Gasteiger partial charge in [-0.15, -0.1) is 0 Å². The molecular weight excluding hydrogens is 206 g/mol. The van der Waals surface area contributed by atoms with Gasteiger partial charge in [0.1, 0.15) is 0 Å². The molecule has 1 fully saturated rings. The van der Waals surface area contributed by atoms with Gasteiger partial charge in [0.05, 0.1) is 0 Å². The van der Waals surface area contributed by atoms with Crippen LogP contribution in [0.25, 0.3) is 0 Å². The van der Waals surface area contributed by atoms with E-state index in [4.69, 9.17) is 10.5 Å². The molecule has 16 heavy (non-hydrogen) atoms. The van der Waals surface area contributed by atoms with Crippen LogP contribution in [0, 0.1) is 0 Å². The first-order valence-corrected chi connectivity index (χ1v) is 5.90. The van der Waals surface area contributed by atoms with Crippen LogP contribution < -0.4 is 11.3 Å². The van der Waals surface area contributed by atoms with Crippen molar-refractivity contribution >= 4 is 0 Å². The van der Waals surface area contributed by atoms with Crippen molar-refractivity contribution in [3.05, 3.63) is 21.6 Å². The Morgan fingerprint density at radius 2 is 2.06 bits per heavy atom.